The Hall–Kier alpha value is 0.00948. The number of unbranched alkanes of at least 4 members (excludes halogenated alkanes) is 3. The summed E-state index contributed by atoms with van der Waals surface area (Å²) in [4.78, 5) is 2.21. The van der Waals surface area contributed by atoms with Crippen molar-refractivity contribution in [3.8, 4) is 4.97 Å². The minimum atomic E-state index is 0.272. The Bertz CT molecular complexity index is 85.4. The van der Waals surface area contributed by atoms with E-state index < -0.39 is 0 Å². The topological polar surface area (TPSA) is 23.8 Å². The van der Waals surface area contributed by atoms with Crippen LogP contribution in [0.5, 0.6) is 0 Å². The van der Waals surface area contributed by atoms with Gasteiger partial charge in [-0.2, -0.15) is 0 Å². The number of nitrogens with zero attached hydrogens (tertiary/aromatic N) is 1. The van der Waals surface area contributed by atoms with Crippen molar-refractivity contribution in [1.29, 1.82) is 5.26 Å². The Balaban J connectivity index is 2.69. The maximum atomic E-state index is 8.20. The average Bonchev–Trinajstić information content (AvgIpc) is 1.89. The summed E-state index contributed by atoms with van der Waals surface area (Å²) in [5.74, 6) is 0. The molecule has 1 nitrogen and oxygen atoms in total. The summed E-state index contributed by atoms with van der Waals surface area (Å²) in [6, 6.07) is 0. The van der Waals surface area contributed by atoms with Gasteiger partial charge >= 0.3 is 63.1 Å². The molecule has 0 fully saturated rings. The monoisotopic (exact) mass is 191 g/mol. The molecular formula is C7H13NSe. The third-order valence-electron chi connectivity index (χ3n) is 1.16. The first-order valence-corrected chi connectivity index (χ1v) is 5.49. The molecule has 0 bridgehead atoms. The van der Waals surface area contributed by atoms with Crippen molar-refractivity contribution < 1.29 is 0 Å². The molecule has 0 aliphatic heterocycles. The Kier molecular flexibility index (Phi) is 8.02. The van der Waals surface area contributed by atoms with E-state index in [2.05, 4.69) is 11.9 Å². The molecule has 0 heterocycles. The van der Waals surface area contributed by atoms with Crippen molar-refractivity contribution in [2.75, 3.05) is 0 Å². The van der Waals surface area contributed by atoms with Crippen LogP contribution < -0.4 is 0 Å². The van der Waals surface area contributed by atoms with Gasteiger partial charge in [-0.15, -0.1) is 0 Å². The molecule has 0 aliphatic rings. The van der Waals surface area contributed by atoms with Gasteiger partial charge in [0.2, 0.25) is 0 Å². The molecule has 0 spiro atoms. The molecule has 0 atom stereocenters. The summed E-state index contributed by atoms with van der Waals surface area (Å²) in [5.41, 5.74) is 0. The van der Waals surface area contributed by atoms with E-state index in [4.69, 9.17) is 5.26 Å². The van der Waals surface area contributed by atoms with Gasteiger partial charge in [0.25, 0.3) is 0 Å². The fourth-order valence-corrected chi connectivity index (χ4v) is 1.57. The van der Waals surface area contributed by atoms with Crippen LogP contribution in [-0.2, 0) is 0 Å². The standard InChI is InChI=1S/C7H13NSe/c1-2-3-4-5-6-9-7-8/h2-6H2,1H3. The van der Waals surface area contributed by atoms with E-state index in [1.807, 2.05) is 0 Å². The van der Waals surface area contributed by atoms with E-state index in [1.54, 1.807) is 0 Å². The number of hydrogen-bond acceptors (Lipinski definition) is 1. The van der Waals surface area contributed by atoms with E-state index in [0.29, 0.717) is 0 Å². The van der Waals surface area contributed by atoms with Crippen molar-refractivity contribution in [3.63, 3.8) is 0 Å². The quantitative estimate of drug-likeness (QED) is 0.481. The first kappa shape index (κ1) is 9.01. The van der Waals surface area contributed by atoms with Crippen LogP contribution in [0, 0.1) is 10.2 Å². The van der Waals surface area contributed by atoms with Gasteiger partial charge in [-0.05, 0) is 0 Å². The fraction of sp³-hybridized carbons (Fsp3) is 0.857. The first-order chi connectivity index (χ1) is 4.41. The SMILES string of the molecule is CCCCCC[Se]C#N. The molecule has 0 aliphatic carbocycles. The van der Waals surface area contributed by atoms with Gasteiger partial charge in [0.1, 0.15) is 0 Å². The van der Waals surface area contributed by atoms with Crippen molar-refractivity contribution in [3.05, 3.63) is 0 Å². The fourth-order valence-electron chi connectivity index (χ4n) is 0.647. The molecule has 0 aromatic carbocycles. The van der Waals surface area contributed by atoms with Crippen LogP contribution in [0.2, 0.25) is 5.32 Å². The number of nitriles is 1. The molecule has 2 heteroatoms. The molecule has 0 amide bonds. The van der Waals surface area contributed by atoms with Crippen LogP contribution in [0.25, 0.3) is 0 Å². The molecule has 0 aromatic heterocycles. The van der Waals surface area contributed by atoms with E-state index in [0.717, 1.165) is 5.32 Å². The molecule has 52 valence electrons. The van der Waals surface area contributed by atoms with Gasteiger partial charge < -0.3 is 0 Å². The summed E-state index contributed by atoms with van der Waals surface area (Å²) in [6.45, 7) is 2.20. The second kappa shape index (κ2) is 8.01. The van der Waals surface area contributed by atoms with Crippen LogP contribution in [-0.4, -0.2) is 15.0 Å². The Morgan fingerprint density at radius 3 is 2.67 bits per heavy atom. The molecular weight excluding hydrogens is 177 g/mol. The zero-order valence-corrected chi connectivity index (χ0v) is 7.60. The minimum absolute atomic E-state index is 0.272. The number of rotatable bonds is 5. The van der Waals surface area contributed by atoms with Gasteiger partial charge in [-0.3, -0.25) is 0 Å². The zero-order valence-electron chi connectivity index (χ0n) is 5.89. The first-order valence-electron chi connectivity index (χ1n) is 3.42. The van der Waals surface area contributed by atoms with Crippen molar-refractivity contribution in [2.45, 2.75) is 37.9 Å². The van der Waals surface area contributed by atoms with Crippen molar-refractivity contribution in [1.82, 2.24) is 0 Å². The Morgan fingerprint density at radius 2 is 2.11 bits per heavy atom. The molecule has 0 unspecified atom stereocenters. The summed E-state index contributed by atoms with van der Waals surface area (Å²) < 4.78 is 0. The van der Waals surface area contributed by atoms with Gasteiger partial charge in [0, 0.05) is 0 Å². The van der Waals surface area contributed by atoms with Gasteiger partial charge in [0.15, 0.2) is 0 Å². The maximum absolute atomic E-state index is 8.20. The molecule has 0 radical (unpaired) electrons. The second-order valence-electron chi connectivity index (χ2n) is 2.00. The van der Waals surface area contributed by atoms with E-state index in [9.17, 15) is 0 Å². The Morgan fingerprint density at radius 1 is 1.33 bits per heavy atom. The predicted octanol–water partition coefficient (Wildman–Crippen LogP) is 2.17. The third-order valence-corrected chi connectivity index (χ3v) is 2.47. The van der Waals surface area contributed by atoms with Crippen LogP contribution in [0.3, 0.4) is 0 Å². The molecule has 0 aromatic rings. The summed E-state index contributed by atoms with van der Waals surface area (Å²) in [5, 5.41) is 9.36. The molecule has 0 saturated carbocycles. The zero-order chi connectivity index (χ0) is 6.95. The second-order valence-corrected chi connectivity index (χ2v) is 3.85. The van der Waals surface area contributed by atoms with E-state index >= 15 is 0 Å². The summed E-state index contributed by atoms with van der Waals surface area (Å²) in [6.07, 6.45) is 5.21. The Labute approximate surface area is 63.6 Å². The van der Waals surface area contributed by atoms with Crippen LogP contribution in [0.15, 0.2) is 0 Å². The van der Waals surface area contributed by atoms with Gasteiger partial charge in [0.05, 0.1) is 0 Å². The van der Waals surface area contributed by atoms with Crippen LogP contribution in [0.1, 0.15) is 32.6 Å². The van der Waals surface area contributed by atoms with Crippen LogP contribution >= 0.6 is 0 Å². The summed E-state index contributed by atoms with van der Waals surface area (Å²) in [7, 11) is 0. The predicted molar refractivity (Wildman–Crippen MR) is 40.3 cm³/mol. The summed E-state index contributed by atoms with van der Waals surface area (Å²) >= 11 is 0.272. The van der Waals surface area contributed by atoms with Crippen molar-refractivity contribution >= 4 is 15.0 Å². The molecule has 0 rings (SSSR count). The van der Waals surface area contributed by atoms with Crippen LogP contribution in [0.4, 0.5) is 0 Å². The number of hydrogen-bond donors (Lipinski definition) is 0. The molecule has 0 N–H and O–H groups in total. The van der Waals surface area contributed by atoms with Gasteiger partial charge in [-0.1, -0.05) is 0 Å². The van der Waals surface area contributed by atoms with E-state index in [-0.39, 0.29) is 15.0 Å². The third kappa shape index (κ3) is 8.01. The molecule has 9 heavy (non-hydrogen) atoms. The van der Waals surface area contributed by atoms with Gasteiger partial charge in [-0.25, -0.2) is 0 Å². The average molecular weight is 190 g/mol. The van der Waals surface area contributed by atoms with E-state index in [1.165, 1.54) is 25.7 Å². The normalized spacial score (nSPS) is 8.89. The molecule has 0 saturated heterocycles. The van der Waals surface area contributed by atoms with Crippen molar-refractivity contribution in [2.24, 2.45) is 0 Å².